The molecule has 7 nitrogen and oxygen atoms in total. The molecule has 1 aliphatic rings. The Morgan fingerprint density at radius 3 is 2.45 bits per heavy atom. The fourth-order valence-electron chi connectivity index (χ4n) is 4.78. The number of methoxy groups -OCH3 is 1. The van der Waals surface area contributed by atoms with Gasteiger partial charge in [-0.1, -0.05) is 91.9 Å². The first-order valence-corrected chi connectivity index (χ1v) is 13.9. The number of phenols is 1. The summed E-state index contributed by atoms with van der Waals surface area (Å²) in [5.74, 6) is 0.0451. The molecule has 0 radical (unpaired) electrons. The summed E-state index contributed by atoms with van der Waals surface area (Å²) in [7, 11) is 1.47. The number of ether oxygens (including phenoxy) is 2. The van der Waals surface area contributed by atoms with E-state index in [2.05, 4.69) is 13.8 Å². The van der Waals surface area contributed by atoms with Crippen molar-refractivity contribution in [1.29, 1.82) is 0 Å². The minimum absolute atomic E-state index is 0.0613. The van der Waals surface area contributed by atoms with Crippen LogP contribution < -0.4 is 19.6 Å². The Labute approximate surface area is 236 Å². The number of benzene rings is 3. The van der Waals surface area contributed by atoms with Crippen molar-refractivity contribution in [3.8, 4) is 11.5 Å². The summed E-state index contributed by atoms with van der Waals surface area (Å²) < 4.78 is 12.7. The molecule has 8 heteroatoms. The Hall–Kier alpha value is -4.43. The molecule has 1 aliphatic heterocycles. The molecule has 0 spiro atoms. The largest absolute Gasteiger partial charge is 0.504 e. The Morgan fingerprint density at radius 2 is 1.80 bits per heavy atom. The van der Waals surface area contributed by atoms with Crippen LogP contribution in [0.25, 0.3) is 11.8 Å². The standard InChI is InChI=1S/C32H30N2O5S/c1-5-39-31(37)26-27(21-10-7-6-8-11-21)33-32-34(28(26)22-16-14-20(15-17-22)19(2)3)30(36)25(40-32)18-23-12-9-13-24(38-4)29(23)35/h6-19,28,35H,5H2,1-4H3/b25-18-/t28-/m0/s1. The number of esters is 1. The van der Waals surface area contributed by atoms with Crippen molar-refractivity contribution in [3.63, 3.8) is 0 Å². The molecular weight excluding hydrogens is 524 g/mol. The van der Waals surface area contributed by atoms with Gasteiger partial charge in [0.05, 0.1) is 35.6 Å². The van der Waals surface area contributed by atoms with Crippen molar-refractivity contribution in [2.75, 3.05) is 13.7 Å². The molecule has 1 aromatic heterocycles. The molecule has 5 rings (SSSR count). The summed E-state index contributed by atoms with van der Waals surface area (Å²) in [6, 6.07) is 21.7. The average molecular weight is 555 g/mol. The van der Waals surface area contributed by atoms with E-state index in [1.807, 2.05) is 54.6 Å². The second-order valence-electron chi connectivity index (χ2n) is 9.65. The highest BCUT2D eigenvalue weighted by atomic mass is 32.1. The molecule has 0 saturated heterocycles. The average Bonchev–Trinajstić information content (AvgIpc) is 3.28. The minimum atomic E-state index is -0.757. The molecule has 0 amide bonds. The van der Waals surface area contributed by atoms with Crippen LogP contribution in [0.5, 0.6) is 11.5 Å². The molecule has 1 atom stereocenters. The van der Waals surface area contributed by atoms with Gasteiger partial charge in [0.25, 0.3) is 5.56 Å². The second kappa shape index (κ2) is 11.4. The molecule has 204 valence electrons. The number of phenolic OH excluding ortho intramolecular Hbond substituents is 1. The van der Waals surface area contributed by atoms with Crippen LogP contribution >= 0.6 is 11.3 Å². The van der Waals surface area contributed by atoms with Crippen LogP contribution in [-0.4, -0.2) is 29.4 Å². The predicted octanol–water partition coefficient (Wildman–Crippen LogP) is 4.77. The maximum atomic E-state index is 14.0. The zero-order valence-corrected chi connectivity index (χ0v) is 23.6. The number of fused-ring (bicyclic) bond motifs is 1. The Morgan fingerprint density at radius 1 is 1.07 bits per heavy atom. The van der Waals surface area contributed by atoms with E-state index in [-0.39, 0.29) is 17.9 Å². The first-order valence-electron chi connectivity index (χ1n) is 13.1. The van der Waals surface area contributed by atoms with Crippen molar-refractivity contribution in [2.45, 2.75) is 32.7 Å². The fraction of sp³-hybridized carbons (Fsp3) is 0.219. The normalized spacial score (nSPS) is 15.1. The van der Waals surface area contributed by atoms with E-state index >= 15 is 0 Å². The summed E-state index contributed by atoms with van der Waals surface area (Å²) >= 11 is 1.20. The molecule has 0 aliphatic carbocycles. The van der Waals surface area contributed by atoms with E-state index in [4.69, 9.17) is 14.5 Å². The molecule has 0 saturated carbocycles. The number of thiazole rings is 1. The Balaban J connectivity index is 1.82. The minimum Gasteiger partial charge on any atom is -0.504 e. The number of aromatic hydroxyl groups is 1. The van der Waals surface area contributed by atoms with Gasteiger partial charge < -0.3 is 14.6 Å². The zero-order chi connectivity index (χ0) is 28.4. The van der Waals surface area contributed by atoms with E-state index in [0.29, 0.717) is 37.8 Å². The van der Waals surface area contributed by atoms with Crippen molar-refractivity contribution in [2.24, 2.45) is 4.99 Å². The van der Waals surface area contributed by atoms with Crippen LogP contribution in [0.3, 0.4) is 0 Å². The summed E-state index contributed by atoms with van der Waals surface area (Å²) in [5.41, 5.74) is 3.55. The van der Waals surface area contributed by atoms with Crippen molar-refractivity contribution >= 4 is 29.1 Å². The first-order chi connectivity index (χ1) is 19.3. The third-order valence-electron chi connectivity index (χ3n) is 6.83. The van der Waals surface area contributed by atoms with Crippen molar-refractivity contribution in [3.05, 3.63) is 120 Å². The van der Waals surface area contributed by atoms with Gasteiger partial charge in [-0.3, -0.25) is 9.36 Å². The number of aromatic nitrogens is 1. The third kappa shape index (κ3) is 4.98. The van der Waals surface area contributed by atoms with E-state index in [1.54, 1.807) is 35.8 Å². The van der Waals surface area contributed by atoms with Gasteiger partial charge in [-0.25, -0.2) is 9.79 Å². The van der Waals surface area contributed by atoms with Gasteiger partial charge in [0.15, 0.2) is 16.3 Å². The van der Waals surface area contributed by atoms with Crippen LogP contribution in [-0.2, 0) is 9.53 Å². The molecule has 40 heavy (non-hydrogen) atoms. The molecule has 4 aromatic rings. The highest BCUT2D eigenvalue weighted by Gasteiger charge is 2.35. The fourth-order valence-corrected chi connectivity index (χ4v) is 5.77. The maximum Gasteiger partial charge on any atom is 0.338 e. The number of carbonyl (C=O) groups excluding carboxylic acids is 1. The van der Waals surface area contributed by atoms with Gasteiger partial charge in [-0.05, 0) is 36.1 Å². The van der Waals surface area contributed by atoms with Gasteiger partial charge >= 0.3 is 5.97 Å². The molecule has 3 aromatic carbocycles. The SMILES string of the molecule is CCOC(=O)C1=C(c2ccccc2)N=c2s/c(=C\c3cccc(OC)c3O)c(=O)n2[C@H]1c1ccc(C(C)C)cc1. The predicted molar refractivity (Wildman–Crippen MR) is 156 cm³/mol. The van der Waals surface area contributed by atoms with Gasteiger partial charge in [-0.2, -0.15) is 0 Å². The maximum absolute atomic E-state index is 14.0. The van der Waals surface area contributed by atoms with Gasteiger partial charge in [0.1, 0.15) is 0 Å². The van der Waals surface area contributed by atoms with Crippen LogP contribution in [0.1, 0.15) is 55.0 Å². The number of nitrogens with zero attached hydrogens (tertiary/aromatic N) is 2. The van der Waals surface area contributed by atoms with Crippen LogP contribution in [0.15, 0.2) is 88.2 Å². The molecule has 0 fully saturated rings. The number of rotatable bonds is 7. The topological polar surface area (TPSA) is 90.1 Å². The second-order valence-corrected chi connectivity index (χ2v) is 10.7. The lowest BCUT2D eigenvalue weighted by Crippen LogP contribution is -2.40. The lowest BCUT2D eigenvalue weighted by atomic mass is 9.91. The van der Waals surface area contributed by atoms with Crippen LogP contribution in [0.4, 0.5) is 0 Å². The van der Waals surface area contributed by atoms with Gasteiger partial charge in [-0.15, -0.1) is 0 Å². The third-order valence-corrected chi connectivity index (χ3v) is 7.81. The Kier molecular flexibility index (Phi) is 7.71. The summed E-state index contributed by atoms with van der Waals surface area (Å²) in [4.78, 5) is 32.9. The number of hydrogen-bond acceptors (Lipinski definition) is 7. The van der Waals surface area contributed by atoms with Gasteiger partial charge in [0, 0.05) is 11.1 Å². The van der Waals surface area contributed by atoms with Crippen LogP contribution in [0.2, 0.25) is 0 Å². The molecule has 0 bridgehead atoms. The van der Waals surface area contributed by atoms with E-state index in [0.717, 1.165) is 16.7 Å². The highest BCUT2D eigenvalue weighted by Crippen LogP contribution is 2.36. The van der Waals surface area contributed by atoms with Crippen molar-refractivity contribution in [1.82, 2.24) is 4.57 Å². The lowest BCUT2D eigenvalue weighted by Gasteiger charge is -2.26. The van der Waals surface area contributed by atoms with E-state index in [1.165, 1.54) is 18.4 Å². The zero-order valence-electron chi connectivity index (χ0n) is 22.8. The van der Waals surface area contributed by atoms with E-state index < -0.39 is 12.0 Å². The number of hydrogen-bond donors (Lipinski definition) is 1. The lowest BCUT2D eigenvalue weighted by molar-refractivity contribution is -0.138. The molecule has 1 N–H and O–H groups in total. The van der Waals surface area contributed by atoms with Crippen molar-refractivity contribution < 1.29 is 19.4 Å². The quantitative estimate of drug-likeness (QED) is 0.333. The number of para-hydroxylation sites is 1. The Bertz CT molecular complexity index is 1770. The smallest absolute Gasteiger partial charge is 0.338 e. The van der Waals surface area contributed by atoms with Crippen LogP contribution in [0, 0.1) is 0 Å². The van der Waals surface area contributed by atoms with E-state index in [9.17, 15) is 14.7 Å². The molecular formula is C32H30N2O5S. The molecule has 0 unspecified atom stereocenters. The monoisotopic (exact) mass is 554 g/mol. The highest BCUT2D eigenvalue weighted by molar-refractivity contribution is 7.07. The van der Waals surface area contributed by atoms with Gasteiger partial charge in [0.2, 0.25) is 0 Å². The first kappa shape index (κ1) is 27.1. The summed E-state index contributed by atoms with van der Waals surface area (Å²) in [6.45, 7) is 6.17. The summed E-state index contributed by atoms with van der Waals surface area (Å²) in [6.07, 6.45) is 1.62. The molecule has 2 heterocycles. The number of carbonyl (C=O) groups is 1. The summed E-state index contributed by atoms with van der Waals surface area (Å²) in [5, 5.41) is 10.7.